The van der Waals surface area contributed by atoms with Crippen LogP contribution in [0, 0.1) is 12.8 Å². The Morgan fingerprint density at radius 2 is 2.31 bits per heavy atom. The zero-order chi connectivity index (χ0) is 11.5. The highest BCUT2D eigenvalue weighted by atomic mass is 16.3. The normalized spacial score (nSPS) is 23.6. The Morgan fingerprint density at radius 1 is 1.50 bits per heavy atom. The summed E-state index contributed by atoms with van der Waals surface area (Å²) in [5, 5.41) is 10.1. The molecule has 2 heteroatoms. The number of aryl methyl sites for hydroxylation is 1. The Hall–Kier alpha value is -0.860. The molecule has 2 rings (SSSR count). The molecular weight excluding hydrogens is 198 g/mol. The molecule has 1 aliphatic heterocycles. The van der Waals surface area contributed by atoms with Gasteiger partial charge in [0, 0.05) is 13.1 Å². The van der Waals surface area contributed by atoms with Gasteiger partial charge in [-0.3, -0.25) is 0 Å². The SMILES string of the molecule is Cc1cccc(C(O)CN2CCC(C)C2)c1. The number of nitrogens with zero attached hydrogens (tertiary/aromatic N) is 1. The van der Waals surface area contributed by atoms with Gasteiger partial charge < -0.3 is 10.0 Å². The zero-order valence-corrected chi connectivity index (χ0v) is 10.2. The van der Waals surface area contributed by atoms with Crippen molar-refractivity contribution in [3.05, 3.63) is 35.4 Å². The smallest absolute Gasteiger partial charge is 0.0917 e. The average molecular weight is 219 g/mol. The lowest BCUT2D eigenvalue weighted by Crippen LogP contribution is -2.26. The van der Waals surface area contributed by atoms with E-state index in [0.29, 0.717) is 0 Å². The van der Waals surface area contributed by atoms with E-state index in [2.05, 4.69) is 30.9 Å². The predicted octanol–water partition coefficient (Wildman–Crippen LogP) is 2.37. The molecular formula is C14H21NO. The first-order valence-corrected chi connectivity index (χ1v) is 6.12. The van der Waals surface area contributed by atoms with Gasteiger partial charge in [-0.25, -0.2) is 0 Å². The van der Waals surface area contributed by atoms with Gasteiger partial charge in [0.15, 0.2) is 0 Å². The van der Waals surface area contributed by atoms with Crippen LogP contribution in [0.1, 0.15) is 30.6 Å². The van der Waals surface area contributed by atoms with Crippen molar-refractivity contribution in [2.45, 2.75) is 26.4 Å². The van der Waals surface area contributed by atoms with Gasteiger partial charge in [0.2, 0.25) is 0 Å². The van der Waals surface area contributed by atoms with E-state index >= 15 is 0 Å². The monoisotopic (exact) mass is 219 g/mol. The molecule has 0 aliphatic carbocycles. The highest BCUT2D eigenvalue weighted by Crippen LogP contribution is 2.20. The van der Waals surface area contributed by atoms with E-state index in [0.717, 1.165) is 31.1 Å². The Bertz CT molecular complexity index is 350. The molecule has 16 heavy (non-hydrogen) atoms. The van der Waals surface area contributed by atoms with E-state index in [1.165, 1.54) is 12.0 Å². The van der Waals surface area contributed by atoms with Crippen LogP contribution in [0.3, 0.4) is 0 Å². The molecule has 1 aromatic carbocycles. The van der Waals surface area contributed by atoms with Crippen molar-refractivity contribution in [3.8, 4) is 0 Å². The summed E-state index contributed by atoms with van der Waals surface area (Å²) in [6, 6.07) is 8.16. The maximum atomic E-state index is 10.1. The molecule has 0 saturated carbocycles. The second-order valence-electron chi connectivity index (χ2n) is 5.08. The summed E-state index contributed by atoms with van der Waals surface area (Å²) in [6.45, 7) is 7.37. The summed E-state index contributed by atoms with van der Waals surface area (Å²) < 4.78 is 0. The highest BCUT2D eigenvalue weighted by molar-refractivity contribution is 5.24. The van der Waals surface area contributed by atoms with E-state index < -0.39 is 0 Å². The van der Waals surface area contributed by atoms with Crippen molar-refractivity contribution < 1.29 is 5.11 Å². The van der Waals surface area contributed by atoms with Crippen molar-refractivity contribution >= 4 is 0 Å². The van der Waals surface area contributed by atoms with Crippen LogP contribution in [0.5, 0.6) is 0 Å². The molecule has 0 spiro atoms. The molecule has 1 N–H and O–H groups in total. The lowest BCUT2D eigenvalue weighted by atomic mass is 10.1. The van der Waals surface area contributed by atoms with Crippen LogP contribution < -0.4 is 0 Å². The minimum absolute atomic E-state index is 0.342. The zero-order valence-electron chi connectivity index (χ0n) is 10.2. The third kappa shape index (κ3) is 2.83. The van der Waals surface area contributed by atoms with Crippen LogP contribution in [0.15, 0.2) is 24.3 Å². The predicted molar refractivity (Wildman–Crippen MR) is 66.4 cm³/mol. The molecule has 2 unspecified atom stereocenters. The fraction of sp³-hybridized carbons (Fsp3) is 0.571. The third-order valence-electron chi connectivity index (χ3n) is 3.37. The molecule has 2 nitrogen and oxygen atoms in total. The summed E-state index contributed by atoms with van der Waals surface area (Å²) in [5.74, 6) is 0.782. The number of aliphatic hydroxyl groups excluding tert-OH is 1. The van der Waals surface area contributed by atoms with Gasteiger partial charge in [-0.05, 0) is 31.4 Å². The van der Waals surface area contributed by atoms with Gasteiger partial charge >= 0.3 is 0 Å². The molecule has 0 radical (unpaired) electrons. The van der Waals surface area contributed by atoms with E-state index in [-0.39, 0.29) is 6.10 Å². The van der Waals surface area contributed by atoms with Gasteiger partial charge in [-0.15, -0.1) is 0 Å². The van der Waals surface area contributed by atoms with Gasteiger partial charge in [0.1, 0.15) is 0 Å². The van der Waals surface area contributed by atoms with Crippen LogP contribution in [0.4, 0.5) is 0 Å². The fourth-order valence-electron chi connectivity index (χ4n) is 2.42. The first kappa shape index (κ1) is 11.6. The van der Waals surface area contributed by atoms with E-state index in [1.54, 1.807) is 0 Å². The van der Waals surface area contributed by atoms with Crippen LogP contribution in [0.25, 0.3) is 0 Å². The Balaban J connectivity index is 1.95. The minimum atomic E-state index is -0.342. The maximum Gasteiger partial charge on any atom is 0.0917 e. The number of benzene rings is 1. The largest absolute Gasteiger partial charge is 0.387 e. The summed E-state index contributed by atoms with van der Waals surface area (Å²) in [6.07, 6.45) is 0.922. The number of likely N-dealkylation sites (tertiary alicyclic amines) is 1. The van der Waals surface area contributed by atoms with Gasteiger partial charge in [0.25, 0.3) is 0 Å². The quantitative estimate of drug-likeness (QED) is 0.843. The fourth-order valence-corrected chi connectivity index (χ4v) is 2.42. The van der Waals surface area contributed by atoms with E-state index in [4.69, 9.17) is 0 Å². The van der Waals surface area contributed by atoms with Gasteiger partial charge in [-0.1, -0.05) is 36.8 Å². The van der Waals surface area contributed by atoms with Crippen molar-refractivity contribution in [1.82, 2.24) is 4.90 Å². The number of hydrogen-bond donors (Lipinski definition) is 1. The molecule has 2 atom stereocenters. The summed E-state index contributed by atoms with van der Waals surface area (Å²) in [4.78, 5) is 2.36. The lowest BCUT2D eigenvalue weighted by molar-refractivity contribution is 0.124. The summed E-state index contributed by atoms with van der Waals surface area (Å²) in [5.41, 5.74) is 2.26. The second kappa shape index (κ2) is 4.98. The van der Waals surface area contributed by atoms with Crippen molar-refractivity contribution in [2.24, 2.45) is 5.92 Å². The average Bonchev–Trinajstić information content (AvgIpc) is 2.64. The maximum absolute atomic E-state index is 10.1. The molecule has 1 fully saturated rings. The Morgan fingerprint density at radius 3 is 2.94 bits per heavy atom. The first-order chi connectivity index (χ1) is 7.65. The Labute approximate surface area is 97.9 Å². The number of aliphatic hydroxyl groups is 1. The highest BCUT2D eigenvalue weighted by Gasteiger charge is 2.21. The first-order valence-electron chi connectivity index (χ1n) is 6.12. The molecule has 0 amide bonds. The molecule has 0 bridgehead atoms. The van der Waals surface area contributed by atoms with E-state index in [1.807, 2.05) is 12.1 Å². The molecule has 1 saturated heterocycles. The lowest BCUT2D eigenvalue weighted by Gasteiger charge is -2.20. The van der Waals surface area contributed by atoms with Crippen molar-refractivity contribution in [2.75, 3.05) is 19.6 Å². The van der Waals surface area contributed by atoms with Crippen molar-refractivity contribution in [1.29, 1.82) is 0 Å². The van der Waals surface area contributed by atoms with Gasteiger partial charge in [-0.2, -0.15) is 0 Å². The standard InChI is InChI=1S/C14H21NO/c1-11-4-3-5-13(8-11)14(16)10-15-7-6-12(2)9-15/h3-5,8,12,14,16H,6-7,9-10H2,1-2H3. The topological polar surface area (TPSA) is 23.5 Å². The van der Waals surface area contributed by atoms with Crippen molar-refractivity contribution in [3.63, 3.8) is 0 Å². The second-order valence-corrected chi connectivity index (χ2v) is 5.08. The summed E-state index contributed by atoms with van der Waals surface area (Å²) in [7, 11) is 0. The number of rotatable bonds is 3. The number of hydrogen-bond acceptors (Lipinski definition) is 2. The molecule has 1 aromatic rings. The van der Waals surface area contributed by atoms with Crippen LogP contribution >= 0.6 is 0 Å². The molecule has 0 aromatic heterocycles. The minimum Gasteiger partial charge on any atom is -0.387 e. The Kier molecular flexibility index (Phi) is 3.62. The number of β-amino-alcohol motifs (C(OH)–C–C–N with tert-alkyl or cyclic N) is 1. The van der Waals surface area contributed by atoms with E-state index in [9.17, 15) is 5.11 Å². The third-order valence-corrected chi connectivity index (χ3v) is 3.37. The van der Waals surface area contributed by atoms with Gasteiger partial charge in [0.05, 0.1) is 6.10 Å². The molecule has 88 valence electrons. The summed E-state index contributed by atoms with van der Waals surface area (Å²) >= 11 is 0. The molecule has 1 heterocycles. The van der Waals surface area contributed by atoms with Crippen LogP contribution in [-0.2, 0) is 0 Å². The molecule has 1 aliphatic rings. The van der Waals surface area contributed by atoms with Crippen LogP contribution in [-0.4, -0.2) is 29.6 Å². The van der Waals surface area contributed by atoms with Crippen LogP contribution in [0.2, 0.25) is 0 Å².